The molecule has 0 fully saturated rings. The number of nitrogens with zero attached hydrogens (tertiary/aromatic N) is 1. The summed E-state index contributed by atoms with van der Waals surface area (Å²) in [5, 5.41) is 2.57. The number of nitrogens with one attached hydrogen (secondary N) is 1. The van der Waals surface area contributed by atoms with E-state index >= 15 is 0 Å². The molecule has 0 aliphatic carbocycles. The summed E-state index contributed by atoms with van der Waals surface area (Å²) >= 11 is 1.02. The summed E-state index contributed by atoms with van der Waals surface area (Å²) in [5.74, 6) is -1.60. The monoisotopic (exact) mass is 396 g/mol. The first-order valence-electron chi connectivity index (χ1n) is 8.38. The van der Waals surface area contributed by atoms with Crippen LogP contribution >= 0.6 is 11.8 Å². The molecule has 8 heteroatoms. The van der Waals surface area contributed by atoms with Crippen molar-refractivity contribution in [1.82, 2.24) is 0 Å². The predicted octanol–water partition coefficient (Wildman–Crippen LogP) is 3.35. The molecule has 28 heavy (non-hydrogen) atoms. The van der Waals surface area contributed by atoms with Crippen molar-refractivity contribution >= 4 is 45.3 Å². The minimum absolute atomic E-state index is 0.0410. The Morgan fingerprint density at radius 2 is 1.89 bits per heavy atom. The highest BCUT2D eigenvalue weighted by Gasteiger charge is 2.32. The van der Waals surface area contributed by atoms with Gasteiger partial charge in [0.25, 0.3) is 5.91 Å². The third kappa shape index (κ3) is 3.59. The molecule has 1 unspecified atom stereocenters. The van der Waals surface area contributed by atoms with Gasteiger partial charge in [-0.2, -0.15) is 0 Å². The Morgan fingerprint density at radius 1 is 1.14 bits per heavy atom. The summed E-state index contributed by atoms with van der Waals surface area (Å²) in [5.41, 5.74) is 0.0505. The standard InChI is InChI=1S/C20H13FN2O4S/c21-13-6-2-3-7-14(13)22-17(24)10-16-18(25)23-19(28-16)12-9-11-5-1-4-8-15(11)27-20(12)26/h1-9,16H,10H2,(H,22,24). The Balaban J connectivity index is 1.50. The SMILES string of the molecule is O=C(CC1SC(c2cc3ccccc3oc2=O)=NC1=O)Nc1ccccc1F. The average Bonchev–Trinajstić information content (AvgIpc) is 3.03. The van der Waals surface area contributed by atoms with E-state index in [2.05, 4.69) is 10.3 Å². The molecule has 140 valence electrons. The average molecular weight is 396 g/mol. The number of aliphatic imine (C=N–C) groups is 1. The number of carbonyl (C=O) groups is 2. The quantitative estimate of drug-likeness (QED) is 0.683. The van der Waals surface area contributed by atoms with Gasteiger partial charge >= 0.3 is 5.63 Å². The van der Waals surface area contributed by atoms with Crippen LogP contribution in [0.15, 0.2) is 68.8 Å². The van der Waals surface area contributed by atoms with Crippen molar-refractivity contribution in [1.29, 1.82) is 0 Å². The Labute approximate surface area is 162 Å². The summed E-state index contributed by atoms with van der Waals surface area (Å²) < 4.78 is 18.9. The van der Waals surface area contributed by atoms with Crippen molar-refractivity contribution in [3.8, 4) is 0 Å². The topological polar surface area (TPSA) is 88.7 Å². The van der Waals surface area contributed by atoms with Crippen LogP contribution in [0.2, 0.25) is 0 Å². The van der Waals surface area contributed by atoms with Crippen LogP contribution in [-0.2, 0) is 9.59 Å². The lowest BCUT2D eigenvalue weighted by molar-refractivity contribution is -0.121. The number of rotatable bonds is 4. The zero-order chi connectivity index (χ0) is 19.7. The van der Waals surface area contributed by atoms with Gasteiger partial charge in [0.15, 0.2) is 0 Å². The van der Waals surface area contributed by atoms with Crippen LogP contribution in [-0.4, -0.2) is 22.1 Å². The molecule has 1 atom stereocenters. The van der Waals surface area contributed by atoms with E-state index < -0.39 is 28.5 Å². The highest BCUT2D eigenvalue weighted by atomic mass is 32.2. The van der Waals surface area contributed by atoms with Crippen LogP contribution in [0.3, 0.4) is 0 Å². The molecule has 2 aromatic carbocycles. The Kier molecular flexibility index (Phi) is 4.79. The lowest BCUT2D eigenvalue weighted by Crippen LogP contribution is -2.22. The van der Waals surface area contributed by atoms with Gasteiger partial charge in [-0.1, -0.05) is 42.1 Å². The van der Waals surface area contributed by atoms with Gasteiger partial charge in [0.1, 0.15) is 21.7 Å². The molecule has 0 radical (unpaired) electrons. The van der Waals surface area contributed by atoms with E-state index in [0.717, 1.165) is 11.8 Å². The zero-order valence-corrected chi connectivity index (χ0v) is 15.2. The molecule has 2 heterocycles. The van der Waals surface area contributed by atoms with Gasteiger partial charge in [0.05, 0.1) is 11.3 Å². The first-order valence-corrected chi connectivity index (χ1v) is 9.26. The first-order chi connectivity index (χ1) is 13.5. The van der Waals surface area contributed by atoms with E-state index in [9.17, 15) is 18.8 Å². The summed E-state index contributed by atoms with van der Waals surface area (Å²) in [4.78, 5) is 40.5. The van der Waals surface area contributed by atoms with Crippen LogP contribution in [0.5, 0.6) is 0 Å². The highest BCUT2D eigenvalue weighted by Crippen LogP contribution is 2.29. The van der Waals surface area contributed by atoms with Gasteiger partial charge in [-0.3, -0.25) is 9.59 Å². The normalized spacial score (nSPS) is 16.2. The number of para-hydroxylation sites is 2. The summed E-state index contributed by atoms with van der Waals surface area (Å²) in [7, 11) is 0. The number of halogens is 1. The van der Waals surface area contributed by atoms with E-state index in [0.29, 0.717) is 11.0 Å². The molecule has 0 spiro atoms. The fourth-order valence-corrected chi connectivity index (χ4v) is 3.85. The second-order valence-electron chi connectivity index (χ2n) is 6.08. The van der Waals surface area contributed by atoms with Crippen LogP contribution in [0.25, 0.3) is 11.0 Å². The third-order valence-electron chi connectivity index (χ3n) is 4.13. The van der Waals surface area contributed by atoms with Gasteiger partial charge in [-0.05, 0) is 24.3 Å². The maximum Gasteiger partial charge on any atom is 0.346 e. The van der Waals surface area contributed by atoms with Gasteiger partial charge in [0, 0.05) is 11.8 Å². The highest BCUT2D eigenvalue weighted by molar-refractivity contribution is 8.16. The molecule has 0 bridgehead atoms. The predicted molar refractivity (Wildman–Crippen MR) is 105 cm³/mol. The molecule has 6 nitrogen and oxygen atoms in total. The molecule has 3 aromatic rings. The van der Waals surface area contributed by atoms with Crippen LogP contribution in [0, 0.1) is 5.82 Å². The number of hydrogen-bond donors (Lipinski definition) is 1. The molecule has 1 aliphatic heterocycles. The van der Waals surface area contributed by atoms with Gasteiger partial charge < -0.3 is 9.73 Å². The lowest BCUT2D eigenvalue weighted by atomic mass is 10.2. The molecule has 4 rings (SSSR count). The van der Waals surface area contributed by atoms with E-state index in [-0.39, 0.29) is 22.7 Å². The first kappa shape index (κ1) is 18.1. The van der Waals surface area contributed by atoms with Crippen LogP contribution < -0.4 is 10.9 Å². The van der Waals surface area contributed by atoms with E-state index in [1.54, 1.807) is 36.4 Å². The van der Waals surface area contributed by atoms with Crippen molar-refractivity contribution < 1.29 is 18.4 Å². The minimum atomic E-state index is -0.785. The summed E-state index contributed by atoms with van der Waals surface area (Å²) in [6.45, 7) is 0. The number of hydrogen-bond acceptors (Lipinski definition) is 5. The molecule has 0 saturated carbocycles. The Bertz CT molecular complexity index is 1190. The van der Waals surface area contributed by atoms with Gasteiger partial charge in [0.2, 0.25) is 5.91 Å². The number of anilines is 1. The molecule has 1 N–H and O–H groups in total. The summed E-state index contributed by atoms with van der Waals surface area (Å²) in [6, 6.07) is 14.4. The maximum atomic E-state index is 13.6. The fourth-order valence-electron chi connectivity index (χ4n) is 2.78. The molecule has 2 amide bonds. The van der Waals surface area contributed by atoms with Crippen LogP contribution in [0.1, 0.15) is 12.0 Å². The number of benzene rings is 2. The van der Waals surface area contributed by atoms with E-state index in [1.807, 2.05) is 0 Å². The Hall–Kier alpha value is -3.26. The smallest absolute Gasteiger partial charge is 0.346 e. The number of fused-ring (bicyclic) bond motifs is 1. The van der Waals surface area contributed by atoms with Crippen molar-refractivity contribution in [2.45, 2.75) is 11.7 Å². The zero-order valence-electron chi connectivity index (χ0n) is 14.3. The number of thioether (sulfide) groups is 1. The van der Waals surface area contributed by atoms with Crippen LogP contribution in [0.4, 0.5) is 10.1 Å². The van der Waals surface area contributed by atoms with Crippen molar-refractivity contribution in [2.75, 3.05) is 5.32 Å². The molecule has 1 aromatic heterocycles. The minimum Gasteiger partial charge on any atom is -0.422 e. The maximum absolute atomic E-state index is 13.6. The number of amides is 2. The van der Waals surface area contributed by atoms with Gasteiger partial charge in [-0.25, -0.2) is 14.2 Å². The van der Waals surface area contributed by atoms with Gasteiger partial charge in [-0.15, -0.1) is 0 Å². The second-order valence-corrected chi connectivity index (χ2v) is 7.27. The van der Waals surface area contributed by atoms with Crippen molar-refractivity contribution in [3.05, 3.63) is 76.4 Å². The number of carbonyl (C=O) groups excluding carboxylic acids is 2. The largest absolute Gasteiger partial charge is 0.422 e. The second kappa shape index (κ2) is 7.40. The fraction of sp³-hybridized carbons (Fsp3) is 0.100. The molecular weight excluding hydrogens is 383 g/mol. The third-order valence-corrected chi connectivity index (χ3v) is 5.32. The molecular formula is C20H13FN2O4S. The van der Waals surface area contributed by atoms with Crippen molar-refractivity contribution in [3.63, 3.8) is 0 Å². The molecule has 1 aliphatic rings. The van der Waals surface area contributed by atoms with Crippen molar-refractivity contribution in [2.24, 2.45) is 4.99 Å². The van der Waals surface area contributed by atoms with E-state index in [1.165, 1.54) is 18.2 Å². The lowest BCUT2D eigenvalue weighted by Gasteiger charge is -2.09. The Morgan fingerprint density at radius 3 is 2.71 bits per heavy atom. The summed E-state index contributed by atoms with van der Waals surface area (Å²) in [6.07, 6.45) is -0.191. The van der Waals surface area contributed by atoms with E-state index in [4.69, 9.17) is 4.42 Å². The molecule has 0 saturated heterocycles.